The molecule has 1 amide bonds. The molecule has 0 aromatic heterocycles. The maximum atomic E-state index is 12.1. The van der Waals surface area contributed by atoms with Gasteiger partial charge in [0.05, 0.1) is 29.3 Å². The van der Waals surface area contributed by atoms with Crippen LogP contribution >= 0.6 is 34.2 Å². The second-order valence-electron chi connectivity index (χ2n) is 4.25. The summed E-state index contributed by atoms with van der Waals surface area (Å²) < 4.78 is 0.835. The Morgan fingerprint density at radius 3 is 2.69 bits per heavy atom. The van der Waals surface area contributed by atoms with Crippen molar-refractivity contribution in [3.8, 4) is 0 Å². The summed E-state index contributed by atoms with van der Waals surface area (Å²) in [5.74, 6) is -0.110. The van der Waals surface area contributed by atoms with Crippen LogP contribution in [0.25, 0.3) is 0 Å². The topological polar surface area (TPSA) is 40.5 Å². The lowest BCUT2D eigenvalue weighted by molar-refractivity contribution is -0.0669. The van der Waals surface area contributed by atoms with Gasteiger partial charge in [0.1, 0.15) is 0 Å². The Balaban J connectivity index is 2.23. The smallest absolute Gasteiger partial charge is 0.256 e. The molecular weight excluding hydrogens is 340 g/mol. The minimum absolute atomic E-state index is 0.110. The van der Waals surface area contributed by atoms with Crippen LogP contribution in [0.2, 0.25) is 5.02 Å². The minimum Gasteiger partial charge on any atom is -0.386 e. The molecule has 1 aliphatic rings. The van der Waals surface area contributed by atoms with Gasteiger partial charge in [0.25, 0.3) is 5.91 Å². The first-order chi connectivity index (χ1) is 7.41. The molecule has 1 N–H and O–H groups in total. The number of benzene rings is 1. The number of carbonyl (C=O) groups excluding carboxylic acids is 1. The third kappa shape index (κ3) is 2.19. The van der Waals surface area contributed by atoms with Crippen LogP contribution in [-0.4, -0.2) is 34.6 Å². The van der Waals surface area contributed by atoms with Gasteiger partial charge in [-0.15, -0.1) is 0 Å². The van der Waals surface area contributed by atoms with E-state index in [1.165, 1.54) is 0 Å². The quantitative estimate of drug-likeness (QED) is 0.788. The minimum atomic E-state index is -0.748. The third-order valence-electron chi connectivity index (χ3n) is 2.53. The predicted octanol–water partition coefficient (Wildman–Crippen LogP) is 2.15. The van der Waals surface area contributed by atoms with E-state index in [2.05, 4.69) is 22.6 Å². The Hall–Kier alpha value is -0.330. The van der Waals surface area contributed by atoms with Crippen LogP contribution in [0.15, 0.2) is 18.2 Å². The number of rotatable bonds is 1. The molecule has 5 heteroatoms. The fourth-order valence-corrected chi connectivity index (χ4v) is 2.92. The molecule has 0 bridgehead atoms. The van der Waals surface area contributed by atoms with Crippen molar-refractivity contribution in [2.75, 3.05) is 13.1 Å². The molecule has 1 aromatic rings. The van der Waals surface area contributed by atoms with E-state index in [0.29, 0.717) is 23.7 Å². The molecule has 0 radical (unpaired) electrons. The molecule has 86 valence electrons. The Bertz CT molecular complexity index is 419. The molecule has 1 aliphatic heterocycles. The van der Waals surface area contributed by atoms with E-state index in [-0.39, 0.29) is 5.91 Å². The van der Waals surface area contributed by atoms with E-state index in [1.807, 2.05) is 12.1 Å². The summed E-state index contributed by atoms with van der Waals surface area (Å²) in [7, 11) is 0. The Labute approximate surface area is 113 Å². The molecule has 1 saturated heterocycles. The van der Waals surface area contributed by atoms with Gasteiger partial charge in [0, 0.05) is 3.57 Å². The van der Waals surface area contributed by atoms with Gasteiger partial charge >= 0.3 is 0 Å². The maximum absolute atomic E-state index is 12.1. The Kier molecular flexibility index (Phi) is 3.16. The number of carbonyl (C=O) groups is 1. The molecule has 16 heavy (non-hydrogen) atoms. The van der Waals surface area contributed by atoms with Crippen molar-refractivity contribution >= 4 is 40.1 Å². The highest BCUT2D eigenvalue weighted by molar-refractivity contribution is 14.1. The van der Waals surface area contributed by atoms with Crippen molar-refractivity contribution in [1.82, 2.24) is 4.90 Å². The average molecular weight is 352 g/mol. The highest BCUT2D eigenvalue weighted by Gasteiger charge is 2.40. The van der Waals surface area contributed by atoms with Crippen LogP contribution in [0.4, 0.5) is 0 Å². The summed E-state index contributed by atoms with van der Waals surface area (Å²) in [5, 5.41) is 10.1. The monoisotopic (exact) mass is 351 g/mol. The fourth-order valence-electron chi connectivity index (χ4n) is 1.78. The zero-order valence-electron chi connectivity index (χ0n) is 8.70. The van der Waals surface area contributed by atoms with E-state index in [0.717, 1.165) is 3.57 Å². The molecular formula is C11H11ClINO2. The Morgan fingerprint density at radius 2 is 2.19 bits per heavy atom. The van der Waals surface area contributed by atoms with Crippen molar-refractivity contribution in [2.24, 2.45) is 0 Å². The van der Waals surface area contributed by atoms with Crippen molar-refractivity contribution in [3.05, 3.63) is 32.4 Å². The van der Waals surface area contributed by atoms with Gasteiger partial charge in [0.15, 0.2) is 0 Å². The van der Waals surface area contributed by atoms with Crippen molar-refractivity contribution in [3.63, 3.8) is 0 Å². The van der Waals surface area contributed by atoms with E-state index in [9.17, 15) is 9.90 Å². The van der Waals surface area contributed by atoms with Crippen molar-refractivity contribution in [1.29, 1.82) is 0 Å². The molecule has 3 nitrogen and oxygen atoms in total. The number of β-amino-alcohol motifs (C(OH)–C–C–N with tert-alkyl or cyclic N) is 1. The first-order valence-electron chi connectivity index (χ1n) is 4.86. The van der Waals surface area contributed by atoms with Gasteiger partial charge < -0.3 is 10.0 Å². The van der Waals surface area contributed by atoms with E-state index < -0.39 is 5.60 Å². The molecule has 0 aliphatic carbocycles. The zero-order valence-corrected chi connectivity index (χ0v) is 11.6. The molecule has 0 spiro atoms. The highest BCUT2D eigenvalue weighted by atomic mass is 127. The first kappa shape index (κ1) is 12.1. The van der Waals surface area contributed by atoms with Crippen molar-refractivity contribution in [2.45, 2.75) is 12.5 Å². The molecule has 0 atom stereocenters. The van der Waals surface area contributed by atoms with Crippen LogP contribution in [0.1, 0.15) is 17.3 Å². The number of amides is 1. The number of hydrogen-bond donors (Lipinski definition) is 1. The van der Waals surface area contributed by atoms with Gasteiger partial charge in [-0.05, 0) is 41.6 Å². The third-order valence-corrected chi connectivity index (χ3v) is 3.74. The van der Waals surface area contributed by atoms with Gasteiger partial charge in [-0.1, -0.05) is 17.7 Å². The number of aliphatic hydroxyl groups is 1. The summed E-state index contributed by atoms with van der Waals surface area (Å²) >= 11 is 8.10. The van der Waals surface area contributed by atoms with E-state index in [1.54, 1.807) is 17.9 Å². The standard InChI is InChI=1S/C11H11ClINO2/c1-11(16)5-14(6-11)10(15)9-7(12)3-2-4-8(9)13/h2-4,16H,5-6H2,1H3. The SMILES string of the molecule is CC1(O)CN(C(=O)c2c(Cl)cccc2I)C1. The van der Waals surface area contributed by atoms with Crippen LogP contribution < -0.4 is 0 Å². The highest BCUT2D eigenvalue weighted by Crippen LogP contribution is 2.27. The van der Waals surface area contributed by atoms with Crippen LogP contribution in [0.5, 0.6) is 0 Å². The molecule has 1 heterocycles. The molecule has 2 rings (SSSR count). The number of nitrogens with zero attached hydrogens (tertiary/aromatic N) is 1. The fraction of sp³-hybridized carbons (Fsp3) is 0.364. The van der Waals surface area contributed by atoms with Gasteiger partial charge in [0.2, 0.25) is 0 Å². The van der Waals surface area contributed by atoms with Crippen LogP contribution in [0.3, 0.4) is 0 Å². The lowest BCUT2D eigenvalue weighted by atomic mass is 9.96. The van der Waals surface area contributed by atoms with Crippen LogP contribution in [0, 0.1) is 3.57 Å². The molecule has 0 unspecified atom stereocenters. The zero-order chi connectivity index (χ0) is 11.9. The largest absolute Gasteiger partial charge is 0.386 e. The molecule has 1 fully saturated rings. The molecule has 1 aromatic carbocycles. The van der Waals surface area contributed by atoms with Gasteiger partial charge in [-0.3, -0.25) is 4.79 Å². The summed E-state index contributed by atoms with van der Waals surface area (Å²) in [4.78, 5) is 13.7. The second kappa shape index (κ2) is 4.16. The van der Waals surface area contributed by atoms with Crippen LogP contribution in [-0.2, 0) is 0 Å². The number of likely N-dealkylation sites (tertiary alicyclic amines) is 1. The maximum Gasteiger partial charge on any atom is 0.256 e. The first-order valence-corrected chi connectivity index (χ1v) is 6.32. The predicted molar refractivity (Wildman–Crippen MR) is 70.7 cm³/mol. The normalized spacial score (nSPS) is 18.1. The summed E-state index contributed by atoms with van der Waals surface area (Å²) in [6, 6.07) is 5.36. The lowest BCUT2D eigenvalue weighted by Crippen LogP contribution is -2.61. The lowest BCUT2D eigenvalue weighted by Gasteiger charge is -2.44. The summed E-state index contributed by atoms with van der Waals surface area (Å²) in [6.45, 7) is 2.45. The molecule has 0 saturated carbocycles. The van der Waals surface area contributed by atoms with Gasteiger partial charge in [-0.2, -0.15) is 0 Å². The summed E-state index contributed by atoms with van der Waals surface area (Å²) in [5.41, 5.74) is -0.220. The van der Waals surface area contributed by atoms with E-state index >= 15 is 0 Å². The van der Waals surface area contributed by atoms with E-state index in [4.69, 9.17) is 11.6 Å². The Morgan fingerprint density at radius 1 is 1.56 bits per heavy atom. The summed E-state index contributed by atoms with van der Waals surface area (Å²) in [6.07, 6.45) is 0. The van der Waals surface area contributed by atoms with Crippen molar-refractivity contribution < 1.29 is 9.90 Å². The average Bonchev–Trinajstić information content (AvgIpc) is 2.13. The second-order valence-corrected chi connectivity index (χ2v) is 5.82. The van der Waals surface area contributed by atoms with Gasteiger partial charge in [-0.25, -0.2) is 0 Å². The number of halogens is 2. The number of hydrogen-bond acceptors (Lipinski definition) is 2.